The van der Waals surface area contributed by atoms with Crippen LogP contribution < -0.4 is 0 Å². The van der Waals surface area contributed by atoms with E-state index in [1.165, 1.54) is 231 Å². The van der Waals surface area contributed by atoms with Gasteiger partial charge in [-0.1, -0.05) is 239 Å². The number of nitrogens with zero attached hydrogens (tertiary/aromatic N) is 2. The first-order valence-electron chi connectivity index (χ1n) is 28.4. The highest BCUT2D eigenvalue weighted by atomic mass is 16.5. The standard InChI is InChI=1S/C58H108N2O4/c1-5-9-13-17-21-25-29-33-37-46-59(47-38-34-30-26-22-18-14-10-6-2)50-42-52-63-57(61)55-44-41-45-56(54-55)58(62)64-53-43-51-60(48-39-35-31-27-23-19-15-11-7-3)49-40-36-32-28-24-20-16-12-8-4/h41,44-45,54H,5-40,42-43,46-53H2,1-4H3. The van der Waals surface area contributed by atoms with Crippen LogP contribution in [0.1, 0.15) is 292 Å². The summed E-state index contributed by atoms with van der Waals surface area (Å²) in [6.45, 7) is 16.4. The zero-order chi connectivity index (χ0) is 46.2. The van der Waals surface area contributed by atoms with Crippen molar-refractivity contribution >= 4 is 11.9 Å². The average molecular weight is 898 g/mol. The van der Waals surface area contributed by atoms with Crippen LogP contribution in [0.25, 0.3) is 0 Å². The Bertz CT molecular complexity index is 1020. The Morgan fingerprint density at radius 1 is 0.328 bits per heavy atom. The molecule has 0 aliphatic carbocycles. The Labute approximate surface area is 398 Å². The lowest BCUT2D eigenvalue weighted by molar-refractivity contribution is 0.0486. The lowest BCUT2D eigenvalue weighted by Crippen LogP contribution is -2.28. The van der Waals surface area contributed by atoms with E-state index >= 15 is 0 Å². The third-order valence-corrected chi connectivity index (χ3v) is 13.3. The summed E-state index contributed by atoms with van der Waals surface area (Å²) in [5.74, 6) is -0.717. The highest BCUT2D eigenvalue weighted by Gasteiger charge is 2.14. The van der Waals surface area contributed by atoms with Crippen LogP contribution in [-0.2, 0) is 9.47 Å². The molecule has 0 aromatic heterocycles. The van der Waals surface area contributed by atoms with Gasteiger partial charge >= 0.3 is 11.9 Å². The maximum atomic E-state index is 13.1. The van der Waals surface area contributed by atoms with Crippen LogP contribution in [0.3, 0.4) is 0 Å². The molecule has 1 aromatic rings. The molecule has 0 aliphatic heterocycles. The first-order valence-corrected chi connectivity index (χ1v) is 28.4. The highest BCUT2D eigenvalue weighted by molar-refractivity contribution is 5.95. The number of unbranched alkanes of at least 4 members (excludes halogenated alkanes) is 32. The fourth-order valence-corrected chi connectivity index (χ4v) is 9.10. The zero-order valence-electron chi connectivity index (χ0n) is 43.4. The molecule has 6 heteroatoms. The molecule has 0 saturated carbocycles. The molecule has 0 unspecified atom stereocenters. The predicted octanol–water partition coefficient (Wildman–Crippen LogP) is 17.5. The first kappa shape index (κ1) is 60.1. The second-order valence-corrected chi connectivity index (χ2v) is 19.6. The monoisotopic (exact) mass is 897 g/mol. The van der Waals surface area contributed by atoms with E-state index in [4.69, 9.17) is 9.47 Å². The third kappa shape index (κ3) is 38.2. The SMILES string of the molecule is CCCCCCCCCCCN(CCCCCCCCCCC)CCCOC(=O)c1cccc(C(=O)OCCCN(CCCCCCCCCCC)CCCCCCCCCCC)c1. The Hall–Kier alpha value is -1.92. The fourth-order valence-electron chi connectivity index (χ4n) is 9.10. The van der Waals surface area contributed by atoms with Crippen LogP contribution in [0.5, 0.6) is 0 Å². The second-order valence-electron chi connectivity index (χ2n) is 19.6. The van der Waals surface area contributed by atoms with E-state index in [1.807, 2.05) is 0 Å². The van der Waals surface area contributed by atoms with Gasteiger partial charge in [0.15, 0.2) is 0 Å². The number of rotatable bonds is 50. The molecule has 0 atom stereocenters. The molecule has 0 spiro atoms. The van der Waals surface area contributed by atoms with E-state index in [9.17, 15) is 9.59 Å². The minimum absolute atomic E-state index is 0.359. The topological polar surface area (TPSA) is 59.1 Å². The Balaban J connectivity index is 2.51. The van der Waals surface area contributed by atoms with Crippen molar-refractivity contribution in [2.45, 2.75) is 272 Å². The van der Waals surface area contributed by atoms with Crippen molar-refractivity contribution in [3.05, 3.63) is 35.4 Å². The van der Waals surface area contributed by atoms with Crippen molar-refractivity contribution in [3.63, 3.8) is 0 Å². The van der Waals surface area contributed by atoms with Gasteiger partial charge in [-0.25, -0.2) is 9.59 Å². The summed E-state index contributed by atoms with van der Waals surface area (Å²) in [4.78, 5) is 31.4. The summed E-state index contributed by atoms with van der Waals surface area (Å²) >= 11 is 0. The molecule has 6 nitrogen and oxygen atoms in total. The number of benzene rings is 1. The molecule has 0 radical (unpaired) electrons. The molecule has 0 N–H and O–H groups in total. The van der Waals surface area contributed by atoms with Gasteiger partial charge in [-0.15, -0.1) is 0 Å². The quantitative estimate of drug-likeness (QED) is 0.0480. The summed E-state index contributed by atoms with van der Waals surface area (Å²) in [7, 11) is 0. The zero-order valence-corrected chi connectivity index (χ0v) is 43.4. The predicted molar refractivity (Wildman–Crippen MR) is 278 cm³/mol. The van der Waals surface area contributed by atoms with E-state index in [0.717, 1.165) is 52.1 Å². The van der Waals surface area contributed by atoms with Gasteiger partial charge in [0.05, 0.1) is 24.3 Å². The Kier molecular flexibility index (Phi) is 44.7. The lowest BCUT2D eigenvalue weighted by Gasteiger charge is -2.22. The maximum absolute atomic E-state index is 13.1. The van der Waals surface area contributed by atoms with Crippen molar-refractivity contribution in [1.82, 2.24) is 9.80 Å². The summed E-state index contributed by atoms with van der Waals surface area (Å²) in [6.07, 6.45) is 50.3. The smallest absolute Gasteiger partial charge is 0.338 e. The summed E-state index contributed by atoms with van der Waals surface area (Å²) in [5.41, 5.74) is 0.840. The Morgan fingerprint density at radius 2 is 0.547 bits per heavy atom. The molecule has 0 bridgehead atoms. The van der Waals surface area contributed by atoms with E-state index in [2.05, 4.69) is 37.5 Å². The van der Waals surface area contributed by atoms with Crippen molar-refractivity contribution in [1.29, 1.82) is 0 Å². The largest absolute Gasteiger partial charge is 0.462 e. The lowest BCUT2D eigenvalue weighted by atomic mass is 10.1. The molecule has 0 fully saturated rings. The molecule has 1 aromatic carbocycles. The van der Waals surface area contributed by atoms with Gasteiger partial charge in [0.2, 0.25) is 0 Å². The van der Waals surface area contributed by atoms with Crippen LogP contribution in [0.15, 0.2) is 24.3 Å². The minimum Gasteiger partial charge on any atom is -0.462 e. The Morgan fingerprint density at radius 3 is 0.797 bits per heavy atom. The average Bonchev–Trinajstić information content (AvgIpc) is 3.31. The summed E-state index contributed by atoms with van der Waals surface area (Å²) in [6, 6.07) is 6.90. The fraction of sp³-hybridized carbons (Fsp3) is 0.862. The molecule has 374 valence electrons. The van der Waals surface area contributed by atoms with Crippen LogP contribution >= 0.6 is 0 Å². The van der Waals surface area contributed by atoms with E-state index in [1.54, 1.807) is 24.3 Å². The number of esters is 2. The molecule has 0 heterocycles. The molecular weight excluding hydrogens is 789 g/mol. The molecule has 64 heavy (non-hydrogen) atoms. The van der Waals surface area contributed by atoms with Gasteiger partial charge in [0, 0.05) is 13.1 Å². The maximum Gasteiger partial charge on any atom is 0.338 e. The van der Waals surface area contributed by atoms with Crippen molar-refractivity contribution in [2.75, 3.05) is 52.5 Å². The number of carbonyl (C=O) groups is 2. The van der Waals surface area contributed by atoms with Gasteiger partial charge in [0.25, 0.3) is 0 Å². The van der Waals surface area contributed by atoms with Crippen molar-refractivity contribution in [3.8, 4) is 0 Å². The first-order chi connectivity index (χ1) is 31.5. The van der Waals surface area contributed by atoms with Gasteiger partial charge in [0.1, 0.15) is 0 Å². The summed E-state index contributed by atoms with van der Waals surface area (Å²) < 4.78 is 11.5. The van der Waals surface area contributed by atoms with E-state index in [-0.39, 0.29) is 11.9 Å². The van der Waals surface area contributed by atoms with E-state index < -0.39 is 0 Å². The van der Waals surface area contributed by atoms with Crippen LogP contribution in [0.2, 0.25) is 0 Å². The van der Waals surface area contributed by atoms with E-state index in [0.29, 0.717) is 24.3 Å². The second kappa shape index (κ2) is 47.6. The van der Waals surface area contributed by atoms with Crippen LogP contribution in [0.4, 0.5) is 0 Å². The van der Waals surface area contributed by atoms with Gasteiger partial charge in [-0.2, -0.15) is 0 Å². The number of hydrogen-bond donors (Lipinski definition) is 0. The highest BCUT2D eigenvalue weighted by Crippen LogP contribution is 2.16. The molecule has 0 aliphatic rings. The number of ether oxygens (including phenoxy) is 2. The van der Waals surface area contributed by atoms with Gasteiger partial charge in [-0.05, 0) is 82.9 Å². The van der Waals surface area contributed by atoms with Gasteiger partial charge < -0.3 is 19.3 Å². The molecule has 1 rings (SSSR count). The third-order valence-electron chi connectivity index (χ3n) is 13.3. The minimum atomic E-state index is -0.359. The van der Waals surface area contributed by atoms with Crippen molar-refractivity contribution in [2.24, 2.45) is 0 Å². The normalized spacial score (nSPS) is 11.6. The van der Waals surface area contributed by atoms with Gasteiger partial charge in [-0.3, -0.25) is 0 Å². The number of carbonyl (C=O) groups excluding carboxylic acids is 2. The molecule has 0 amide bonds. The van der Waals surface area contributed by atoms with Crippen molar-refractivity contribution < 1.29 is 19.1 Å². The summed E-state index contributed by atoms with van der Waals surface area (Å²) in [5, 5.41) is 0. The number of hydrogen-bond acceptors (Lipinski definition) is 6. The van der Waals surface area contributed by atoms with Crippen LogP contribution in [-0.4, -0.2) is 74.2 Å². The van der Waals surface area contributed by atoms with Crippen LogP contribution in [0, 0.1) is 0 Å². The molecule has 0 saturated heterocycles. The molecular formula is C58H108N2O4.